The highest BCUT2D eigenvalue weighted by Gasteiger charge is 2.31. The van der Waals surface area contributed by atoms with E-state index < -0.39 is 23.5 Å². The predicted molar refractivity (Wildman–Crippen MR) is 119 cm³/mol. The summed E-state index contributed by atoms with van der Waals surface area (Å²) >= 11 is 0. The molecule has 2 aromatic carbocycles. The number of anilines is 1. The van der Waals surface area contributed by atoms with E-state index in [4.69, 9.17) is 0 Å². The van der Waals surface area contributed by atoms with Gasteiger partial charge in [0, 0.05) is 43.1 Å². The predicted octanol–water partition coefficient (Wildman–Crippen LogP) is 4.02. The molecule has 2 atom stereocenters. The second kappa shape index (κ2) is 8.82. The molecule has 0 aliphatic carbocycles. The first-order valence-corrected chi connectivity index (χ1v) is 10.2. The Morgan fingerprint density at radius 3 is 2.56 bits per heavy atom. The molecule has 0 saturated carbocycles. The van der Waals surface area contributed by atoms with Gasteiger partial charge in [0.2, 0.25) is 5.91 Å². The van der Waals surface area contributed by atoms with Crippen molar-refractivity contribution in [2.24, 2.45) is 9.98 Å². The average Bonchev–Trinajstić information content (AvgIpc) is 2.77. The van der Waals surface area contributed by atoms with Crippen LogP contribution in [0.2, 0.25) is 0 Å². The van der Waals surface area contributed by atoms with Crippen molar-refractivity contribution >= 4 is 29.4 Å². The van der Waals surface area contributed by atoms with Gasteiger partial charge in [0.05, 0.1) is 12.2 Å². The van der Waals surface area contributed by atoms with Crippen LogP contribution in [0.15, 0.2) is 64.2 Å². The summed E-state index contributed by atoms with van der Waals surface area (Å²) in [5.41, 5.74) is 2.50. The number of nitrogens with zero attached hydrogens (tertiary/aromatic N) is 3. The number of carbonyl (C=O) groups excluding carboxylic acids is 2. The van der Waals surface area contributed by atoms with E-state index in [0.717, 1.165) is 5.71 Å². The van der Waals surface area contributed by atoms with E-state index in [-0.39, 0.29) is 29.6 Å². The molecular formula is C24H22F2N4O2. The van der Waals surface area contributed by atoms with Crippen molar-refractivity contribution in [1.82, 2.24) is 4.90 Å². The lowest BCUT2D eigenvalue weighted by Gasteiger charge is -2.28. The number of carbonyl (C=O) groups is 2. The SMILES string of the molecule is CC1=NC(c2ccc(F)c(NC(=O)C3=CN(C)C(=O)C[C@H]3c3ccc(F)cc3)c2)C=NC1. The van der Waals surface area contributed by atoms with Gasteiger partial charge >= 0.3 is 0 Å². The summed E-state index contributed by atoms with van der Waals surface area (Å²) in [6.07, 6.45) is 3.19. The monoisotopic (exact) mass is 436 g/mol. The normalized spacial score (nSPS) is 20.6. The molecule has 2 amide bonds. The zero-order valence-electron chi connectivity index (χ0n) is 17.7. The Balaban J connectivity index is 1.63. The summed E-state index contributed by atoms with van der Waals surface area (Å²) in [4.78, 5) is 35.5. The lowest BCUT2D eigenvalue weighted by molar-refractivity contribution is -0.128. The number of nitrogens with one attached hydrogen (secondary N) is 1. The fourth-order valence-corrected chi connectivity index (χ4v) is 3.78. The summed E-state index contributed by atoms with van der Waals surface area (Å²) in [5, 5.41) is 2.63. The maximum Gasteiger partial charge on any atom is 0.253 e. The summed E-state index contributed by atoms with van der Waals surface area (Å²) in [5.74, 6) is -2.27. The van der Waals surface area contributed by atoms with Crippen molar-refractivity contribution < 1.29 is 18.4 Å². The average molecular weight is 436 g/mol. The Bertz CT molecular complexity index is 1160. The van der Waals surface area contributed by atoms with Gasteiger partial charge in [0.25, 0.3) is 5.91 Å². The first-order valence-electron chi connectivity index (χ1n) is 10.2. The Kier molecular flexibility index (Phi) is 5.94. The minimum Gasteiger partial charge on any atom is -0.322 e. The molecule has 1 unspecified atom stereocenters. The van der Waals surface area contributed by atoms with Crippen LogP contribution in [0.5, 0.6) is 0 Å². The summed E-state index contributed by atoms with van der Waals surface area (Å²) in [6.45, 7) is 2.41. The van der Waals surface area contributed by atoms with Crippen molar-refractivity contribution in [2.45, 2.75) is 25.3 Å². The van der Waals surface area contributed by atoms with Crippen molar-refractivity contribution in [1.29, 1.82) is 0 Å². The van der Waals surface area contributed by atoms with Crippen LogP contribution in [0.1, 0.15) is 36.4 Å². The zero-order chi connectivity index (χ0) is 22.8. The standard InChI is InChI=1S/C24H22F2N4O2/c1-14-11-27-12-22(28-14)16-5-8-20(26)21(9-16)29-24(32)19-13-30(2)23(31)10-18(19)15-3-6-17(25)7-4-15/h3-9,12-13,18,22H,10-11H2,1-2H3,(H,29,32)/t18-,22?/m0/s1. The number of aliphatic imine (C=N–C) groups is 2. The van der Waals surface area contributed by atoms with Crippen LogP contribution in [0.4, 0.5) is 14.5 Å². The number of hydrogen-bond acceptors (Lipinski definition) is 4. The highest BCUT2D eigenvalue weighted by molar-refractivity contribution is 6.06. The second-order valence-corrected chi connectivity index (χ2v) is 7.89. The molecule has 2 aliphatic rings. The highest BCUT2D eigenvalue weighted by atomic mass is 19.1. The molecule has 0 radical (unpaired) electrons. The smallest absolute Gasteiger partial charge is 0.253 e. The first-order chi connectivity index (χ1) is 15.3. The van der Waals surface area contributed by atoms with Crippen LogP contribution >= 0.6 is 0 Å². The third kappa shape index (κ3) is 4.49. The van der Waals surface area contributed by atoms with Gasteiger partial charge in [0.1, 0.15) is 17.7 Å². The Labute approximate surface area is 184 Å². The molecule has 164 valence electrons. The molecule has 6 nitrogen and oxygen atoms in total. The largest absolute Gasteiger partial charge is 0.322 e. The Morgan fingerprint density at radius 1 is 1.12 bits per heavy atom. The molecular weight excluding hydrogens is 414 g/mol. The molecule has 0 spiro atoms. The van der Waals surface area contributed by atoms with Gasteiger partial charge in [-0.15, -0.1) is 0 Å². The topological polar surface area (TPSA) is 74.1 Å². The first kappa shape index (κ1) is 21.5. The van der Waals surface area contributed by atoms with Gasteiger partial charge in [-0.2, -0.15) is 0 Å². The van der Waals surface area contributed by atoms with Crippen LogP contribution < -0.4 is 5.32 Å². The molecule has 32 heavy (non-hydrogen) atoms. The fourth-order valence-electron chi connectivity index (χ4n) is 3.78. The molecule has 4 rings (SSSR count). The van der Waals surface area contributed by atoms with E-state index >= 15 is 0 Å². The van der Waals surface area contributed by atoms with E-state index in [1.165, 1.54) is 35.4 Å². The van der Waals surface area contributed by atoms with E-state index in [2.05, 4.69) is 15.3 Å². The van der Waals surface area contributed by atoms with Crippen LogP contribution in [0.3, 0.4) is 0 Å². The second-order valence-electron chi connectivity index (χ2n) is 7.89. The maximum atomic E-state index is 14.5. The third-order valence-corrected chi connectivity index (χ3v) is 5.52. The molecule has 0 saturated heterocycles. The Morgan fingerprint density at radius 2 is 1.84 bits per heavy atom. The highest BCUT2D eigenvalue weighted by Crippen LogP contribution is 2.34. The minimum absolute atomic E-state index is 0.0117. The zero-order valence-corrected chi connectivity index (χ0v) is 17.7. The number of hydrogen-bond donors (Lipinski definition) is 1. The third-order valence-electron chi connectivity index (χ3n) is 5.52. The van der Waals surface area contributed by atoms with E-state index in [1.54, 1.807) is 31.5 Å². The van der Waals surface area contributed by atoms with E-state index in [1.807, 2.05) is 6.92 Å². The summed E-state index contributed by atoms with van der Waals surface area (Å²) in [7, 11) is 1.56. The number of amides is 2. The number of halogens is 2. The molecule has 0 bridgehead atoms. The van der Waals surface area contributed by atoms with Crippen LogP contribution in [0, 0.1) is 11.6 Å². The van der Waals surface area contributed by atoms with Crippen LogP contribution in [0.25, 0.3) is 0 Å². The quantitative estimate of drug-likeness (QED) is 0.786. The van der Waals surface area contributed by atoms with Gasteiger partial charge in [-0.05, 0) is 42.3 Å². The lowest BCUT2D eigenvalue weighted by atomic mass is 9.85. The molecule has 0 fully saturated rings. The molecule has 8 heteroatoms. The Hall–Kier alpha value is -3.68. The molecule has 2 aromatic rings. The molecule has 0 aromatic heterocycles. The number of benzene rings is 2. The molecule has 2 aliphatic heterocycles. The van der Waals surface area contributed by atoms with Crippen molar-refractivity contribution in [3.8, 4) is 0 Å². The summed E-state index contributed by atoms with van der Waals surface area (Å²) in [6, 6.07) is 9.74. The molecule has 2 heterocycles. The van der Waals surface area contributed by atoms with Gasteiger partial charge in [-0.3, -0.25) is 19.6 Å². The van der Waals surface area contributed by atoms with E-state index in [0.29, 0.717) is 17.7 Å². The summed E-state index contributed by atoms with van der Waals surface area (Å²) < 4.78 is 27.9. The van der Waals surface area contributed by atoms with Crippen molar-refractivity contribution in [3.05, 3.63) is 77.0 Å². The maximum absolute atomic E-state index is 14.5. The van der Waals surface area contributed by atoms with Crippen molar-refractivity contribution in [3.63, 3.8) is 0 Å². The fraction of sp³-hybridized carbons (Fsp3) is 0.250. The van der Waals surface area contributed by atoms with Crippen LogP contribution in [-0.2, 0) is 9.59 Å². The molecule has 1 N–H and O–H groups in total. The lowest BCUT2D eigenvalue weighted by Crippen LogP contribution is -2.33. The van der Waals surface area contributed by atoms with Gasteiger partial charge in [-0.1, -0.05) is 18.2 Å². The van der Waals surface area contributed by atoms with Gasteiger partial charge < -0.3 is 10.2 Å². The van der Waals surface area contributed by atoms with Crippen molar-refractivity contribution in [2.75, 3.05) is 18.9 Å². The van der Waals surface area contributed by atoms with E-state index in [9.17, 15) is 18.4 Å². The van der Waals surface area contributed by atoms with Gasteiger partial charge in [-0.25, -0.2) is 8.78 Å². The number of rotatable bonds is 4. The van der Waals surface area contributed by atoms with Crippen LogP contribution in [-0.4, -0.2) is 42.2 Å². The van der Waals surface area contributed by atoms with Gasteiger partial charge in [0.15, 0.2) is 0 Å². The minimum atomic E-state index is -0.588.